The van der Waals surface area contributed by atoms with Crippen molar-refractivity contribution < 1.29 is 9.53 Å². The van der Waals surface area contributed by atoms with Gasteiger partial charge in [-0.3, -0.25) is 0 Å². The number of hydrogen-bond acceptors (Lipinski definition) is 3. The Hall–Kier alpha value is -1.24. The number of hydrogen-bond donors (Lipinski definition) is 1. The number of amides is 1. The van der Waals surface area contributed by atoms with Crippen molar-refractivity contribution in [3.63, 3.8) is 0 Å². The molecule has 1 amide bonds. The molecule has 4 heteroatoms. The minimum atomic E-state index is -0.620. The highest BCUT2D eigenvalue weighted by Gasteiger charge is 2.34. The number of alkyl carbamates (subject to hydrolysis) is 1. The Morgan fingerprint density at radius 3 is 2.00 bits per heavy atom. The van der Waals surface area contributed by atoms with Crippen LogP contribution in [0.2, 0.25) is 0 Å². The Bertz CT molecular complexity index is 308. The minimum absolute atomic E-state index is 0.164. The van der Waals surface area contributed by atoms with E-state index in [0.29, 0.717) is 0 Å². The van der Waals surface area contributed by atoms with Crippen LogP contribution in [0, 0.1) is 22.7 Å². The summed E-state index contributed by atoms with van der Waals surface area (Å²) in [6.07, 6.45) is -0.473. The standard InChI is InChI=1S/C13H24N2O2/c1-9(2)10(13(6,7)8-14)15-11(16)17-12(3,4)5/h9-10H,1-7H3,(H,15,16). The summed E-state index contributed by atoms with van der Waals surface area (Å²) in [5.41, 5.74) is -1.15. The second-order valence-corrected chi connectivity index (χ2v) is 6.20. The van der Waals surface area contributed by atoms with Gasteiger partial charge in [0.1, 0.15) is 5.60 Å². The minimum Gasteiger partial charge on any atom is -0.444 e. The Balaban J connectivity index is 4.71. The fourth-order valence-electron chi connectivity index (χ4n) is 1.68. The van der Waals surface area contributed by atoms with E-state index in [-0.39, 0.29) is 12.0 Å². The molecule has 17 heavy (non-hydrogen) atoms. The van der Waals surface area contributed by atoms with Gasteiger partial charge in [0.15, 0.2) is 0 Å². The molecule has 1 N–H and O–H groups in total. The van der Waals surface area contributed by atoms with Crippen molar-refractivity contribution in [3.05, 3.63) is 0 Å². The van der Waals surface area contributed by atoms with Crippen molar-refractivity contribution in [1.29, 1.82) is 5.26 Å². The summed E-state index contributed by atoms with van der Waals surface area (Å²) in [6.45, 7) is 13.0. The second kappa shape index (κ2) is 5.39. The molecule has 0 saturated carbocycles. The maximum absolute atomic E-state index is 11.7. The van der Waals surface area contributed by atoms with Gasteiger partial charge < -0.3 is 10.1 Å². The maximum atomic E-state index is 11.7. The highest BCUT2D eigenvalue weighted by Crippen LogP contribution is 2.25. The molecule has 0 radical (unpaired) electrons. The van der Waals surface area contributed by atoms with Crippen LogP contribution >= 0.6 is 0 Å². The lowest BCUT2D eigenvalue weighted by Gasteiger charge is -2.33. The van der Waals surface area contributed by atoms with E-state index in [4.69, 9.17) is 10.00 Å². The maximum Gasteiger partial charge on any atom is 0.407 e. The van der Waals surface area contributed by atoms with Gasteiger partial charge in [0.2, 0.25) is 0 Å². The number of nitrogens with zero attached hydrogens (tertiary/aromatic N) is 1. The van der Waals surface area contributed by atoms with Gasteiger partial charge in [0, 0.05) is 0 Å². The normalized spacial score (nSPS) is 14.1. The molecule has 0 spiro atoms. The third-order valence-corrected chi connectivity index (χ3v) is 2.40. The van der Waals surface area contributed by atoms with Gasteiger partial charge in [-0.05, 0) is 40.5 Å². The van der Waals surface area contributed by atoms with Crippen LogP contribution in [-0.2, 0) is 4.74 Å². The third kappa shape index (κ3) is 5.58. The lowest BCUT2D eigenvalue weighted by molar-refractivity contribution is 0.0452. The number of nitrogens with one attached hydrogen (secondary N) is 1. The predicted molar refractivity (Wildman–Crippen MR) is 67.4 cm³/mol. The van der Waals surface area contributed by atoms with Crippen LogP contribution in [-0.4, -0.2) is 17.7 Å². The lowest BCUT2D eigenvalue weighted by Crippen LogP contribution is -2.49. The Morgan fingerprint density at radius 1 is 1.24 bits per heavy atom. The fourth-order valence-corrected chi connectivity index (χ4v) is 1.68. The summed E-state index contributed by atoms with van der Waals surface area (Å²) >= 11 is 0. The number of carbonyl (C=O) groups excluding carboxylic acids is 1. The zero-order chi connectivity index (χ0) is 13.9. The first kappa shape index (κ1) is 15.8. The molecule has 0 fully saturated rings. The molecule has 0 aliphatic rings. The Morgan fingerprint density at radius 2 is 1.71 bits per heavy atom. The summed E-state index contributed by atoms with van der Waals surface area (Å²) in [6, 6.07) is 1.99. The summed E-state index contributed by atoms with van der Waals surface area (Å²) in [5, 5.41) is 11.9. The highest BCUT2D eigenvalue weighted by molar-refractivity contribution is 5.68. The highest BCUT2D eigenvalue weighted by atomic mass is 16.6. The molecule has 98 valence electrons. The molecule has 4 nitrogen and oxygen atoms in total. The van der Waals surface area contributed by atoms with Gasteiger partial charge in [-0.2, -0.15) is 5.26 Å². The van der Waals surface area contributed by atoms with Gasteiger partial charge in [-0.25, -0.2) is 4.79 Å². The largest absolute Gasteiger partial charge is 0.444 e. The quantitative estimate of drug-likeness (QED) is 0.824. The SMILES string of the molecule is CC(C)C(NC(=O)OC(C)(C)C)C(C)(C)C#N. The van der Waals surface area contributed by atoms with Crippen LogP contribution in [0.4, 0.5) is 4.79 Å². The molecule has 0 aromatic rings. The average Bonchev–Trinajstić information content (AvgIpc) is 2.10. The van der Waals surface area contributed by atoms with E-state index >= 15 is 0 Å². The summed E-state index contributed by atoms with van der Waals surface area (Å²) in [7, 11) is 0. The van der Waals surface area contributed by atoms with Crippen LogP contribution in [0.3, 0.4) is 0 Å². The topological polar surface area (TPSA) is 62.1 Å². The zero-order valence-electron chi connectivity index (χ0n) is 11.9. The smallest absolute Gasteiger partial charge is 0.407 e. The van der Waals surface area contributed by atoms with E-state index < -0.39 is 17.1 Å². The van der Waals surface area contributed by atoms with E-state index in [1.165, 1.54) is 0 Å². The van der Waals surface area contributed by atoms with Gasteiger partial charge in [-0.1, -0.05) is 13.8 Å². The van der Waals surface area contributed by atoms with E-state index in [1.807, 2.05) is 48.5 Å². The molecule has 0 aromatic carbocycles. The monoisotopic (exact) mass is 240 g/mol. The Labute approximate surface area is 104 Å². The Kier molecular flexibility index (Phi) is 5.00. The van der Waals surface area contributed by atoms with Gasteiger partial charge >= 0.3 is 6.09 Å². The molecule has 0 heterocycles. The van der Waals surface area contributed by atoms with E-state index in [0.717, 1.165) is 0 Å². The van der Waals surface area contributed by atoms with Crippen molar-refractivity contribution in [2.45, 2.75) is 60.1 Å². The first-order valence-corrected chi connectivity index (χ1v) is 5.90. The molecule has 1 atom stereocenters. The van der Waals surface area contributed by atoms with Gasteiger partial charge in [0.05, 0.1) is 17.5 Å². The average molecular weight is 240 g/mol. The first-order chi connectivity index (χ1) is 7.49. The van der Waals surface area contributed by atoms with Crippen molar-refractivity contribution in [2.24, 2.45) is 11.3 Å². The molecule has 0 bridgehead atoms. The summed E-state index contributed by atoms with van der Waals surface area (Å²) in [4.78, 5) is 11.7. The number of carbonyl (C=O) groups is 1. The first-order valence-electron chi connectivity index (χ1n) is 5.90. The molecule has 0 saturated heterocycles. The van der Waals surface area contributed by atoms with Crippen molar-refractivity contribution in [3.8, 4) is 6.07 Å². The van der Waals surface area contributed by atoms with Crippen LogP contribution in [0.15, 0.2) is 0 Å². The lowest BCUT2D eigenvalue weighted by atomic mass is 9.80. The van der Waals surface area contributed by atoms with Crippen LogP contribution in [0.1, 0.15) is 48.5 Å². The van der Waals surface area contributed by atoms with Crippen LogP contribution in [0.25, 0.3) is 0 Å². The molecule has 0 aliphatic carbocycles. The molecular weight excluding hydrogens is 216 g/mol. The molecule has 0 rings (SSSR count). The third-order valence-electron chi connectivity index (χ3n) is 2.40. The number of ether oxygens (including phenoxy) is 1. The van der Waals surface area contributed by atoms with E-state index in [9.17, 15) is 4.79 Å². The summed E-state index contributed by atoms with van der Waals surface area (Å²) < 4.78 is 5.20. The zero-order valence-corrected chi connectivity index (χ0v) is 11.9. The predicted octanol–water partition coefficient (Wildman–Crippen LogP) is 3.09. The van der Waals surface area contributed by atoms with Gasteiger partial charge in [0.25, 0.3) is 0 Å². The van der Waals surface area contributed by atoms with Crippen LogP contribution in [0.5, 0.6) is 0 Å². The van der Waals surface area contributed by atoms with Gasteiger partial charge in [-0.15, -0.1) is 0 Å². The van der Waals surface area contributed by atoms with Crippen LogP contribution < -0.4 is 5.32 Å². The molecule has 1 unspecified atom stereocenters. The fraction of sp³-hybridized carbons (Fsp3) is 0.846. The molecule has 0 aromatic heterocycles. The number of nitriles is 1. The summed E-state index contributed by atoms with van der Waals surface area (Å²) in [5.74, 6) is 0.164. The molecule has 0 aliphatic heterocycles. The van der Waals surface area contributed by atoms with E-state index in [1.54, 1.807) is 0 Å². The van der Waals surface area contributed by atoms with E-state index in [2.05, 4.69) is 11.4 Å². The number of rotatable bonds is 3. The second-order valence-electron chi connectivity index (χ2n) is 6.20. The molecular formula is C13H24N2O2. The van der Waals surface area contributed by atoms with Crippen molar-refractivity contribution in [1.82, 2.24) is 5.32 Å². The van der Waals surface area contributed by atoms with Crippen molar-refractivity contribution in [2.75, 3.05) is 0 Å². The van der Waals surface area contributed by atoms with Crippen molar-refractivity contribution >= 4 is 6.09 Å².